The molecule has 0 aliphatic rings. The molecule has 142 valence electrons. The van der Waals surface area contributed by atoms with E-state index in [0.29, 0.717) is 11.3 Å². The van der Waals surface area contributed by atoms with Crippen LogP contribution in [0.3, 0.4) is 0 Å². The van der Waals surface area contributed by atoms with Crippen LogP contribution in [-0.4, -0.2) is 23.5 Å². The number of carbonyl (C=O) groups excluding carboxylic acids is 2. The van der Waals surface area contributed by atoms with Gasteiger partial charge in [0.1, 0.15) is 11.5 Å². The first-order chi connectivity index (χ1) is 13.6. The molecule has 28 heavy (non-hydrogen) atoms. The summed E-state index contributed by atoms with van der Waals surface area (Å²) in [6.07, 6.45) is 0. The van der Waals surface area contributed by atoms with Crippen molar-refractivity contribution in [1.82, 2.24) is 10.9 Å². The fourth-order valence-electron chi connectivity index (χ4n) is 2.32. The summed E-state index contributed by atoms with van der Waals surface area (Å²) in [5, 5.41) is 12.5. The lowest BCUT2D eigenvalue weighted by Crippen LogP contribution is -2.43. The number of phenolic OH excluding ortho intramolecular Hbond substituents is 1. The lowest BCUT2D eigenvalue weighted by atomic mass is 10.2. The van der Waals surface area contributed by atoms with Gasteiger partial charge in [0.2, 0.25) is 0 Å². The van der Waals surface area contributed by atoms with Crippen LogP contribution >= 0.6 is 0 Å². The highest BCUT2D eigenvalue weighted by molar-refractivity contribution is 5.95. The van der Waals surface area contributed by atoms with E-state index < -0.39 is 11.8 Å². The van der Waals surface area contributed by atoms with Crippen LogP contribution in [0.1, 0.15) is 10.4 Å². The fraction of sp³-hybridized carbons (Fsp3) is 0.0476. The third-order valence-corrected chi connectivity index (χ3v) is 3.73. The number of phenols is 1. The molecule has 0 saturated carbocycles. The number of aromatic hydroxyl groups is 1. The maximum absolute atomic E-state index is 11.9. The topological polar surface area (TPSA) is 99.7 Å². The van der Waals surface area contributed by atoms with E-state index in [2.05, 4.69) is 16.2 Å². The average molecular weight is 377 g/mol. The molecule has 3 aromatic rings. The lowest BCUT2D eigenvalue weighted by molar-refractivity contribution is -0.123. The molecule has 0 atom stereocenters. The maximum Gasteiger partial charge on any atom is 0.276 e. The smallest absolute Gasteiger partial charge is 0.276 e. The number of rotatable bonds is 6. The molecule has 0 unspecified atom stereocenters. The third kappa shape index (κ3) is 5.50. The number of hydrazine groups is 1. The van der Waals surface area contributed by atoms with Gasteiger partial charge in [-0.1, -0.05) is 18.2 Å². The molecule has 3 rings (SSSR count). The summed E-state index contributed by atoms with van der Waals surface area (Å²) in [5.41, 5.74) is 6.72. The van der Waals surface area contributed by atoms with Crippen molar-refractivity contribution < 1.29 is 19.4 Å². The molecule has 0 aliphatic carbocycles. The van der Waals surface area contributed by atoms with Gasteiger partial charge >= 0.3 is 0 Å². The van der Waals surface area contributed by atoms with Crippen LogP contribution in [-0.2, 0) is 4.79 Å². The van der Waals surface area contributed by atoms with Crippen molar-refractivity contribution in [1.29, 1.82) is 0 Å². The molecule has 7 nitrogen and oxygen atoms in total. The van der Waals surface area contributed by atoms with Gasteiger partial charge in [-0.15, -0.1) is 0 Å². The number of nitrogens with one attached hydrogen (secondary N) is 3. The monoisotopic (exact) mass is 377 g/mol. The Bertz CT molecular complexity index is 926. The Balaban J connectivity index is 1.42. The van der Waals surface area contributed by atoms with Crippen molar-refractivity contribution >= 4 is 23.2 Å². The van der Waals surface area contributed by atoms with Crippen LogP contribution in [0, 0.1) is 0 Å². The zero-order valence-electron chi connectivity index (χ0n) is 14.9. The van der Waals surface area contributed by atoms with Crippen molar-refractivity contribution in [2.24, 2.45) is 0 Å². The Hall–Kier alpha value is -4.00. The van der Waals surface area contributed by atoms with Gasteiger partial charge in [0.25, 0.3) is 11.8 Å². The Kier molecular flexibility index (Phi) is 6.10. The minimum Gasteiger partial charge on any atom is -0.508 e. The molecule has 2 amide bonds. The van der Waals surface area contributed by atoms with E-state index in [1.807, 2.05) is 42.5 Å². The summed E-state index contributed by atoms with van der Waals surface area (Å²) in [6.45, 7) is -0.249. The molecular formula is C21H19N3O4. The second-order valence-electron chi connectivity index (χ2n) is 5.85. The molecule has 3 aromatic carbocycles. The summed E-state index contributed by atoms with van der Waals surface area (Å²) < 4.78 is 5.40. The van der Waals surface area contributed by atoms with E-state index in [0.717, 1.165) is 11.4 Å². The lowest BCUT2D eigenvalue weighted by Gasteiger charge is -2.10. The first kappa shape index (κ1) is 18.8. The number of amides is 2. The van der Waals surface area contributed by atoms with Crippen LogP contribution in [0.25, 0.3) is 0 Å². The number of anilines is 2. The third-order valence-electron chi connectivity index (χ3n) is 3.73. The van der Waals surface area contributed by atoms with Crippen LogP contribution in [0.2, 0.25) is 0 Å². The van der Waals surface area contributed by atoms with Gasteiger partial charge in [-0.25, -0.2) is 0 Å². The van der Waals surface area contributed by atoms with Gasteiger partial charge in [-0.05, 0) is 60.7 Å². The largest absolute Gasteiger partial charge is 0.508 e. The van der Waals surface area contributed by atoms with Gasteiger partial charge in [0.05, 0.1) is 0 Å². The number of ether oxygens (including phenoxy) is 1. The maximum atomic E-state index is 11.9. The van der Waals surface area contributed by atoms with Gasteiger partial charge < -0.3 is 15.2 Å². The van der Waals surface area contributed by atoms with E-state index in [1.54, 1.807) is 12.1 Å². The molecule has 0 aromatic heterocycles. The minimum atomic E-state index is -0.501. The van der Waals surface area contributed by atoms with Crippen molar-refractivity contribution in [3.63, 3.8) is 0 Å². The van der Waals surface area contributed by atoms with E-state index >= 15 is 0 Å². The van der Waals surface area contributed by atoms with Crippen LogP contribution in [0.15, 0.2) is 78.9 Å². The fourth-order valence-corrected chi connectivity index (χ4v) is 2.32. The Morgan fingerprint density at radius 1 is 0.786 bits per heavy atom. The van der Waals surface area contributed by atoms with Gasteiger partial charge in [0.15, 0.2) is 6.61 Å². The first-order valence-corrected chi connectivity index (χ1v) is 8.53. The first-order valence-electron chi connectivity index (χ1n) is 8.53. The quantitative estimate of drug-likeness (QED) is 0.495. The summed E-state index contributed by atoms with van der Waals surface area (Å²) in [4.78, 5) is 23.7. The Labute approximate surface area is 161 Å². The second kappa shape index (κ2) is 9.09. The minimum absolute atomic E-state index is 0.0546. The molecule has 4 N–H and O–H groups in total. The predicted octanol–water partition coefficient (Wildman–Crippen LogP) is 2.98. The van der Waals surface area contributed by atoms with E-state index in [-0.39, 0.29) is 12.4 Å². The van der Waals surface area contributed by atoms with E-state index in [9.17, 15) is 14.7 Å². The van der Waals surface area contributed by atoms with Gasteiger partial charge in [0, 0.05) is 16.9 Å². The zero-order valence-corrected chi connectivity index (χ0v) is 14.9. The van der Waals surface area contributed by atoms with Crippen LogP contribution in [0.4, 0.5) is 11.4 Å². The Morgan fingerprint density at radius 2 is 1.43 bits per heavy atom. The molecule has 7 heteroatoms. The number of hydrogen-bond donors (Lipinski definition) is 4. The van der Waals surface area contributed by atoms with Crippen molar-refractivity contribution in [3.8, 4) is 11.5 Å². The molecule has 0 spiro atoms. The van der Waals surface area contributed by atoms with Crippen molar-refractivity contribution in [2.45, 2.75) is 0 Å². The summed E-state index contributed by atoms with van der Waals surface area (Å²) in [5.74, 6) is -0.416. The van der Waals surface area contributed by atoms with Crippen LogP contribution in [0.5, 0.6) is 11.5 Å². The van der Waals surface area contributed by atoms with Gasteiger partial charge in [-0.2, -0.15) is 0 Å². The van der Waals surface area contributed by atoms with Crippen molar-refractivity contribution in [3.05, 3.63) is 84.4 Å². The number of carbonyl (C=O) groups is 2. The molecule has 0 fully saturated rings. The Morgan fingerprint density at radius 3 is 2.11 bits per heavy atom. The highest BCUT2D eigenvalue weighted by atomic mass is 16.5. The molecule has 0 bridgehead atoms. The molecule has 0 aliphatic heterocycles. The van der Waals surface area contributed by atoms with Gasteiger partial charge in [-0.3, -0.25) is 20.4 Å². The molecule has 0 saturated heterocycles. The molecular weight excluding hydrogens is 358 g/mol. The van der Waals surface area contributed by atoms with Crippen LogP contribution < -0.4 is 20.9 Å². The zero-order chi connectivity index (χ0) is 19.8. The summed E-state index contributed by atoms with van der Waals surface area (Å²) in [7, 11) is 0. The molecule has 0 heterocycles. The second-order valence-corrected chi connectivity index (χ2v) is 5.85. The normalized spacial score (nSPS) is 10.0. The highest BCUT2D eigenvalue weighted by Crippen LogP contribution is 2.19. The SMILES string of the molecule is O=C(COc1ccc(Nc2ccccc2)cc1)NNC(=O)c1ccc(O)cc1. The van der Waals surface area contributed by atoms with E-state index in [4.69, 9.17) is 4.74 Å². The number of hydrogen-bond acceptors (Lipinski definition) is 5. The predicted molar refractivity (Wildman–Crippen MR) is 105 cm³/mol. The standard InChI is InChI=1S/C21H19N3O4/c25-18-10-6-15(7-11-18)21(27)24-23-20(26)14-28-19-12-8-17(9-13-19)22-16-4-2-1-3-5-16/h1-13,22,25H,14H2,(H,23,26)(H,24,27). The summed E-state index contributed by atoms with van der Waals surface area (Å²) >= 11 is 0. The van der Waals surface area contributed by atoms with E-state index in [1.165, 1.54) is 24.3 Å². The summed E-state index contributed by atoms with van der Waals surface area (Å²) in [6, 6.07) is 22.6. The highest BCUT2D eigenvalue weighted by Gasteiger charge is 2.08. The average Bonchev–Trinajstić information content (AvgIpc) is 2.73. The number of benzene rings is 3. The molecule has 0 radical (unpaired) electrons. The number of para-hydroxylation sites is 1. The van der Waals surface area contributed by atoms with Crippen molar-refractivity contribution in [2.75, 3.05) is 11.9 Å².